The number of anilines is 3. The van der Waals surface area contributed by atoms with Crippen molar-refractivity contribution in [1.29, 1.82) is 0 Å². The largest absolute Gasteiger partial charge is 0.417 e. The Labute approximate surface area is 285 Å². The minimum absolute atomic E-state index is 0.0699. The highest BCUT2D eigenvalue weighted by Gasteiger charge is 2.32. The van der Waals surface area contributed by atoms with Crippen LogP contribution in [-0.2, 0) is 26.9 Å². The molecule has 3 aromatic rings. The smallest absolute Gasteiger partial charge is 0.378 e. The van der Waals surface area contributed by atoms with E-state index >= 15 is 0 Å². The van der Waals surface area contributed by atoms with Gasteiger partial charge in [-0.15, -0.1) is 0 Å². The fourth-order valence-electron chi connectivity index (χ4n) is 5.68. The van der Waals surface area contributed by atoms with Gasteiger partial charge in [0.2, 0.25) is 0 Å². The SMILES string of the molecule is CS(=O)(=O)c1ccc(N2CCOCC2)c(C(=O)N2CCN(c3ccc(C(F)(F)F)cn3)CC2)c1.FC(F)(F)c1ccc(N2CCNCC2)nc1. The van der Waals surface area contributed by atoms with Gasteiger partial charge in [0, 0.05) is 89.8 Å². The number of ether oxygens (including phenoxy) is 1. The lowest BCUT2D eigenvalue weighted by atomic mass is 10.1. The van der Waals surface area contributed by atoms with Crippen LogP contribution in [-0.4, -0.2) is 114 Å². The molecule has 5 heterocycles. The summed E-state index contributed by atoms with van der Waals surface area (Å²) in [5.41, 5.74) is -0.545. The molecule has 0 radical (unpaired) electrons. The Morgan fingerprint density at radius 3 is 1.70 bits per heavy atom. The fraction of sp³-hybridized carbons (Fsp3) is 0.469. The number of pyridine rings is 2. The zero-order valence-corrected chi connectivity index (χ0v) is 28.0. The molecule has 0 unspecified atom stereocenters. The third-order valence-corrected chi connectivity index (χ3v) is 9.57. The second kappa shape index (κ2) is 15.4. The van der Waals surface area contributed by atoms with Crippen LogP contribution in [0.5, 0.6) is 0 Å². The van der Waals surface area contributed by atoms with Gasteiger partial charge in [-0.05, 0) is 42.5 Å². The summed E-state index contributed by atoms with van der Waals surface area (Å²) in [6.45, 7) is 6.87. The van der Waals surface area contributed by atoms with E-state index in [1.54, 1.807) is 11.0 Å². The van der Waals surface area contributed by atoms with Crippen LogP contribution in [0.25, 0.3) is 0 Å². The average Bonchev–Trinajstić information content (AvgIpc) is 3.11. The third-order valence-electron chi connectivity index (χ3n) is 8.46. The number of morpholine rings is 1. The van der Waals surface area contributed by atoms with Crippen LogP contribution in [0.15, 0.2) is 59.8 Å². The number of carbonyl (C=O) groups excluding carboxylic acids is 1. The number of halogens is 6. The van der Waals surface area contributed by atoms with Gasteiger partial charge < -0.3 is 29.7 Å². The van der Waals surface area contributed by atoms with Crippen molar-refractivity contribution in [2.75, 3.05) is 99.6 Å². The van der Waals surface area contributed by atoms with Gasteiger partial charge in [-0.25, -0.2) is 18.4 Å². The number of amides is 1. The topological polar surface area (TPSA) is 111 Å². The average molecular weight is 730 g/mol. The van der Waals surface area contributed by atoms with E-state index in [1.165, 1.54) is 24.3 Å². The Morgan fingerprint density at radius 1 is 0.720 bits per heavy atom. The lowest BCUT2D eigenvalue weighted by molar-refractivity contribution is -0.138. The minimum Gasteiger partial charge on any atom is -0.378 e. The zero-order valence-electron chi connectivity index (χ0n) is 27.2. The summed E-state index contributed by atoms with van der Waals surface area (Å²) in [6.07, 6.45) is -5.97. The summed E-state index contributed by atoms with van der Waals surface area (Å²) in [4.78, 5) is 28.7. The second-order valence-electron chi connectivity index (χ2n) is 11.9. The van der Waals surface area contributed by atoms with Crippen molar-refractivity contribution in [2.24, 2.45) is 0 Å². The van der Waals surface area contributed by atoms with Crippen molar-refractivity contribution < 1.29 is 44.3 Å². The normalized spacial score (nSPS) is 17.7. The van der Waals surface area contributed by atoms with E-state index in [9.17, 15) is 39.6 Å². The predicted molar refractivity (Wildman–Crippen MR) is 174 cm³/mol. The van der Waals surface area contributed by atoms with Gasteiger partial charge in [-0.2, -0.15) is 26.3 Å². The maximum atomic E-state index is 13.5. The van der Waals surface area contributed by atoms with E-state index in [0.717, 1.165) is 57.0 Å². The standard InChI is InChI=1S/C22H25F3N4O4S.C10H12F3N3/c1-34(31,32)17-3-4-19(27-10-12-33-13-11-27)18(14-17)21(30)29-8-6-28(7-9-29)20-5-2-16(15-26-20)22(23,24)25;11-10(12,13)8-1-2-9(15-7-8)16-5-3-14-4-6-16/h2-5,14-15H,6-13H2,1H3;1-2,7,14H,3-6H2. The second-order valence-corrected chi connectivity index (χ2v) is 13.9. The number of benzene rings is 1. The zero-order chi connectivity index (χ0) is 36.1. The van der Waals surface area contributed by atoms with E-state index in [1.807, 2.05) is 14.7 Å². The van der Waals surface area contributed by atoms with Crippen molar-refractivity contribution >= 4 is 33.1 Å². The maximum absolute atomic E-state index is 13.5. The van der Waals surface area contributed by atoms with Crippen LogP contribution in [0.2, 0.25) is 0 Å². The lowest BCUT2D eigenvalue weighted by Gasteiger charge is -2.37. The first-order valence-electron chi connectivity index (χ1n) is 15.8. The molecule has 0 spiro atoms. The number of hydrogen-bond donors (Lipinski definition) is 1. The van der Waals surface area contributed by atoms with Crippen LogP contribution in [0, 0.1) is 0 Å². The number of piperazine rings is 2. The molecule has 18 heteroatoms. The third kappa shape index (κ3) is 9.33. The molecule has 2 aromatic heterocycles. The molecule has 0 atom stereocenters. The van der Waals surface area contributed by atoms with E-state index < -0.39 is 33.3 Å². The van der Waals surface area contributed by atoms with Gasteiger partial charge in [0.1, 0.15) is 11.6 Å². The Balaban J connectivity index is 0.000000253. The minimum atomic E-state index is -4.45. The number of nitrogens with zero attached hydrogens (tertiary/aromatic N) is 6. The van der Waals surface area contributed by atoms with Gasteiger partial charge in [0.05, 0.1) is 34.8 Å². The van der Waals surface area contributed by atoms with E-state index in [2.05, 4.69) is 15.3 Å². The first-order chi connectivity index (χ1) is 23.6. The predicted octanol–water partition coefficient (Wildman–Crippen LogP) is 3.81. The van der Waals surface area contributed by atoms with Crippen molar-refractivity contribution in [1.82, 2.24) is 20.2 Å². The molecule has 0 saturated carbocycles. The molecule has 6 rings (SSSR count). The molecule has 1 amide bonds. The molecule has 1 N–H and O–H groups in total. The summed E-state index contributed by atoms with van der Waals surface area (Å²) in [7, 11) is -3.51. The Hall–Kier alpha value is -4.16. The number of rotatable bonds is 5. The van der Waals surface area contributed by atoms with Gasteiger partial charge >= 0.3 is 12.4 Å². The maximum Gasteiger partial charge on any atom is 0.417 e. The number of nitrogens with one attached hydrogen (secondary N) is 1. The molecule has 1 aromatic carbocycles. The van der Waals surface area contributed by atoms with Gasteiger partial charge in [0.15, 0.2) is 9.84 Å². The summed E-state index contributed by atoms with van der Waals surface area (Å²) in [5, 5.41) is 3.17. The summed E-state index contributed by atoms with van der Waals surface area (Å²) in [5.74, 6) is 0.731. The molecule has 0 bridgehead atoms. The summed E-state index contributed by atoms with van der Waals surface area (Å²) >= 11 is 0. The molecule has 3 fully saturated rings. The number of sulfone groups is 1. The monoisotopic (exact) mass is 729 g/mol. The van der Waals surface area contributed by atoms with Crippen LogP contribution in [0.4, 0.5) is 43.7 Å². The Bertz CT molecular complexity index is 1700. The number of carbonyl (C=O) groups is 1. The molecular weight excluding hydrogens is 692 g/mol. The number of hydrogen-bond acceptors (Lipinski definition) is 10. The molecule has 3 aliphatic heterocycles. The Morgan fingerprint density at radius 2 is 1.24 bits per heavy atom. The van der Waals surface area contributed by atoms with Gasteiger partial charge in [-0.3, -0.25) is 4.79 Å². The van der Waals surface area contributed by atoms with Crippen molar-refractivity contribution in [2.45, 2.75) is 17.2 Å². The quantitative estimate of drug-likeness (QED) is 0.390. The number of alkyl halides is 6. The summed E-state index contributed by atoms with van der Waals surface area (Å²) < 4.78 is 105. The first-order valence-corrected chi connectivity index (χ1v) is 17.7. The van der Waals surface area contributed by atoms with Crippen molar-refractivity contribution in [3.05, 3.63) is 71.5 Å². The van der Waals surface area contributed by atoms with Crippen LogP contribution < -0.4 is 20.0 Å². The molecule has 3 aliphatic rings. The van der Waals surface area contributed by atoms with Crippen molar-refractivity contribution in [3.63, 3.8) is 0 Å². The molecular formula is C32H37F6N7O4S. The van der Waals surface area contributed by atoms with Crippen LogP contribution >= 0.6 is 0 Å². The van der Waals surface area contributed by atoms with Crippen LogP contribution in [0.1, 0.15) is 21.5 Å². The highest BCUT2D eigenvalue weighted by Crippen LogP contribution is 2.31. The van der Waals surface area contributed by atoms with E-state index in [-0.39, 0.29) is 10.8 Å². The number of aromatic nitrogens is 2. The van der Waals surface area contributed by atoms with E-state index in [4.69, 9.17) is 4.74 Å². The van der Waals surface area contributed by atoms with E-state index in [0.29, 0.717) is 75.4 Å². The summed E-state index contributed by atoms with van der Waals surface area (Å²) in [6, 6.07) is 9.41. The van der Waals surface area contributed by atoms with Crippen molar-refractivity contribution in [3.8, 4) is 0 Å². The first kappa shape index (κ1) is 37.1. The molecule has 11 nitrogen and oxygen atoms in total. The van der Waals surface area contributed by atoms with Gasteiger partial charge in [0.25, 0.3) is 5.91 Å². The molecule has 0 aliphatic carbocycles. The molecule has 272 valence electrons. The highest BCUT2D eigenvalue weighted by atomic mass is 32.2. The Kier molecular flexibility index (Phi) is 11.4. The highest BCUT2D eigenvalue weighted by molar-refractivity contribution is 7.90. The molecule has 50 heavy (non-hydrogen) atoms. The van der Waals surface area contributed by atoms with Gasteiger partial charge in [-0.1, -0.05) is 0 Å². The molecule has 3 saturated heterocycles. The lowest BCUT2D eigenvalue weighted by Crippen LogP contribution is -2.49. The fourth-order valence-corrected chi connectivity index (χ4v) is 6.33. The van der Waals surface area contributed by atoms with Crippen LogP contribution in [0.3, 0.4) is 0 Å².